The Labute approximate surface area is 181 Å². The molecule has 27 heavy (non-hydrogen) atoms. The van der Waals surface area contributed by atoms with Gasteiger partial charge in [0.2, 0.25) is 0 Å². The molecule has 1 aromatic carbocycles. The van der Waals surface area contributed by atoms with Gasteiger partial charge in [0.05, 0.1) is 18.8 Å². The molecule has 2 N–H and O–H groups in total. The number of ether oxygens (including phenoxy) is 2. The van der Waals surface area contributed by atoms with Crippen molar-refractivity contribution in [1.82, 2.24) is 15.6 Å². The highest BCUT2D eigenvalue weighted by Crippen LogP contribution is 2.30. The van der Waals surface area contributed by atoms with Gasteiger partial charge in [-0.05, 0) is 25.0 Å². The Morgan fingerprint density at radius 2 is 2.07 bits per heavy atom. The standard InChI is InChI=1S/C19H26N4O2S.HI/c1-4-20-19(22-10-18-23-15(12-26-18)13(2)3)21-9-14-11-24-16-7-5-6-8-17(16)25-14;/h5-8,12-14H,4,9-11H2,1-3H3,(H2,20,21,22);1H. The highest BCUT2D eigenvalue weighted by atomic mass is 127. The van der Waals surface area contributed by atoms with E-state index in [-0.39, 0.29) is 30.1 Å². The molecule has 0 amide bonds. The number of hydrogen-bond donors (Lipinski definition) is 2. The minimum absolute atomic E-state index is 0. The van der Waals surface area contributed by atoms with E-state index in [1.54, 1.807) is 11.3 Å². The van der Waals surface area contributed by atoms with Gasteiger partial charge in [-0.25, -0.2) is 9.98 Å². The SMILES string of the molecule is CCNC(=NCc1nc(C(C)C)cs1)NCC1COc2ccccc2O1.I. The van der Waals surface area contributed by atoms with Gasteiger partial charge in [0.25, 0.3) is 0 Å². The number of guanidine groups is 1. The second-order valence-electron chi connectivity index (χ2n) is 6.39. The number of para-hydroxylation sites is 2. The van der Waals surface area contributed by atoms with Crippen molar-refractivity contribution in [3.8, 4) is 11.5 Å². The van der Waals surface area contributed by atoms with Crippen LogP contribution in [0.4, 0.5) is 0 Å². The van der Waals surface area contributed by atoms with Gasteiger partial charge < -0.3 is 20.1 Å². The first kappa shape index (κ1) is 21.7. The van der Waals surface area contributed by atoms with Crippen molar-refractivity contribution in [2.45, 2.75) is 39.3 Å². The van der Waals surface area contributed by atoms with Gasteiger partial charge in [0.15, 0.2) is 17.5 Å². The van der Waals surface area contributed by atoms with Gasteiger partial charge in [0, 0.05) is 11.9 Å². The van der Waals surface area contributed by atoms with Crippen LogP contribution in [0, 0.1) is 0 Å². The molecule has 0 saturated heterocycles. The largest absolute Gasteiger partial charge is 0.486 e. The van der Waals surface area contributed by atoms with Gasteiger partial charge in [-0.2, -0.15) is 0 Å². The molecule has 0 fully saturated rings. The molecule has 2 heterocycles. The van der Waals surface area contributed by atoms with Crippen LogP contribution in [-0.4, -0.2) is 36.7 Å². The summed E-state index contributed by atoms with van der Waals surface area (Å²) in [4.78, 5) is 9.26. The summed E-state index contributed by atoms with van der Waals surface area (Å²) in [5, 5.41) is 9.73. The number of halogens is 1. The van der Waals surface area contributed by atoms with E-state index in [1.807, 2.05) is 31.2 Å². The Bertz CT molecular complexity index is 751. The van der Waals surface area contributed by atoms with E-state index in [0.717, 1.165) is 34.7 Å². The maximum atomic E-state index is 5.97. The van der Waals surface area contributed by atoms with E-state index < -0.39 is 0 Å². The van der Waals surface area contributed by atoms with Crippen molar-refractivity contribution < 1.29 is 9.47 Å². The molecular formula is C19H27IN4O2S. The van der Waals surface area contributed by atoms with Crippen LogP contribution in [0.2, 0.25) is 0 Å². The number of fused-ring (bicyclic) bond motifs is 1. The van der Waals surface area contributed by atoms with Crippen molar-refractivity contribution in [3.63, 3.8) is 0 Å². The molecule has 6 nitrogen and oxygen atoms in total. The van der Waals surface area contributed by atoms with Crippen LogP contribution in [0.3, 0.4) is 0 Å². The number of aliphatic imine (C=N–C) groups is 1. The van der Waals surface area contributed by atoms with E-state index in [9.17, 15) is 0 Å². The third-order valence-electron chi connectivity index (χ3n) is 3.94. The van der Waals surface area contributed by atoms with Crippen molar-refractivity contribution >= 4 is 41.3 Å². The van der Waals surface area contributed by atoms with Crippen molar-refractivity contribution in [2.75, 3.05) is 19.7 Å². The molecule has 0 radical (unpaired) electrons. The molecule has 0 aliphatic carbocycles. The number of thiazole rings is 1. The van der Waals surface area contributed by atoms with Crippen LogP contribution in [0.5, 0.6) is 11.5 Å². The van der Waals surface area contributed by atoms with E-state index >= 15 is 0 Å². The molecule has 2 aromatic rings. The predicted octanol–water partition coefficient (Wildman–Crippen LogP) is 3.78. The van der Waals surface area contributed by atoms with Crippen LogP contribution in [-0.2, 0) is 6.54 Å². The van der Waals surface area contributed by atoms with Gasteiger partial charge in [-0.3, -0.25) is 0 Å². The summed E-state index contributed by atoms with van der Waals surface area (Å²) >= 11 is 1.66. The molecule has 0 bridgehead atoms. The monoisotopic (exact) mass is 502 g/mol. The second kappa shape index (κ2) is 10.7. The zero-order chi connectivity index (χ0) is 18.4. The molecule has 1 aromatic heterocycles. The smallest absolute Gasteiger partial charge is 0.191 e. The maximum absolute atomic E-state index is 5.97. The molecule has 0 spiro atoms. The van der Waals surface area contributed by atoms with Crippen LogP contribution < -0.4 is 20.1 Å². The third kappa shape index (κ3) is 6.24. The topological polar surface area (TPSA) is 67.8 Å². The summed E-state index contributed by atoms with van der Waals surface area (Å²) in [7, 11) is 0. The highest BCUT2D eigenvalue weighted by Gasteiger charge is 2.20. The van der Waals surface area contributed by atoms with E-state index in [2.05, 4.69) is 39.8 Å². The fraction of sp³-hybridized carbons (Fsp3) is 0.474. The summed E-state index contributed by atoms with van der Waals surface area (Å²) in [6, 6.07) is 7.74. The third-order valence-corrected chi connectivity index (χ3v) is 4.79. The van der Waals surface area contributed by atoms with Gasteiger partial charge in [-0.1, -0.05) is 26.0 Å². The average molecular weight is 502 g/mol. The van der Waals surface area contributed by atoms with Gasteiger partial charge >= 0.3 is 0 Å². The minimum Gasteiger partial charge on any atom is -0.486 e. The zero-order valence-electron chi connectivity index (χ0n) is 15.9. The summed E-state index contributed by atoms with van der Waals surface area (Å²) < 4.78 is 11.7. The summed E-state index contributed by atoms with van der Waals surface area (Å²) in [5.41, 5.74) is 1.13. The Hall–Kier alpha value is -1.55. The molecule has 1 aliphatic heterocycles. The first-order valence-electron chi connectivity index (χ1n) is 9.00. The Balaban J connectivity index is 0.00000261. The first-order valence-corrected chi connectivity index (χ1v) is 9.88. The highest BCUT2D eigenvalue weighted by molar-refractivity contribution is 14.0. The summed E-state index contributed by atoms with van der Waals surface area (Å²) in [6.45, 7) is 8.86. The fourth-order valence-corrected chi connectivity index (χ4v) is 3.40. The number of aromatic nitrogens is 1. The molecule has 0 saturated carbocycles. The quantitative estimate of drug-likeness (QED) is 0.358. The summed E-state index contributed by atoms with van der Waals surface area (Å²) in [6.07, 6.45) is -0.0545. The Morgan fingerprint density at radius 3 is 2.78 bits per heavy atom. The van der Waals surface area contributed by atoms with Crippen LogP contribution in [0.1, 0.15) is 37.4 Å². The van der Waals surface area contributed by atoms with Gasteiger partial charge in [0.1, 0.15) is 17.7 Å². The molecule has 148 valence electrons. The minimum atomic E-state index is -0.0545. The van der Waals surface area contributed by atoms with Crippen molar-refractivity contribution in [3.05, 3.63) is 40.3 Å². The van der Waals surface area contributed by atoms with Crippen molar-refractivity contribution in [2.24, 2.45) is 4.99 Å². The molecule has 3 rings (SSSR count). The van der Waals surface area contributed by atoms with E-state index in [1.165, 1.54) is 0 Å². The normalized spacial score (nSPS) is 16.0. The van der Waals surface area contributed by atoms with Crippen LogP contribution in [0.15, 0.2) is 34.6 Å². The fourth-order valence-electron chi connectivity index (χ4n) is 2.53. The van der Waals surface area contributed by atoms with E-state index in [4.69, 9.17) is 9.47 Å². The number of hydrogen-bond acceptors (Lipinski definition) is 5. The lowest BCUT2D eigenvalue weighted by Crippen LogP contribution is -2.45. The maximum Gasteiger partial charge on any atom is 0.191 e. The zero-order valence-corrected chi connectivity index (χ0v) is 19.0. The molecule has 1 aliphatic rings. The second-order valence-corrected chi connectivity index (χ2v) is 7.34. The molecule has 1 unspecified atom stereocenters. The molecule has 1 atom stereocenters. The van der Waals surface area contributed by atoms with Crippen LogP contribution in [0.25, 0.3) is 0 Å². The molecular weight excluding hydrogens is 475 g/mol. The Kier molecular flexibility index (Phi) is 8.62. The number of benzene rings is 1. The molecule has 8 heteroatoms. The van der Waals surface area contributed by atoms with Crippen LogP contribution >= 0.6 is 35.3 Å². The average Bonchev–Trinajstić information content (AvgIpc) is 3.13. The number of nitrogens with zero attached hydrogens (tertiary/aromatic N) is 2. The lowest BCUT2D eigenvalue weighted by atomic mass is 10.2. The summed E-state index contributed by atoms with van der Waals surface area (Å²) in [5.74, 6) is 2.79. The van der Waals surface area contributed by atoms with E-state index in [0.29, 0.717) is 25.6 Å². The van der Waals surface area contributed by atoms with Gasteiger partial charge in [-0.15, -0.1) is 35.3 Å². The first-order chi connectivity index (χ1) is 12.7. The lowest BCUT2D eigenvalue weighted by molar-refractivity contribution is 0.0936. The predicted molar refractivity (Wildman–Crippen MR) is 121 cm³/mol. The lowest BCUT2D eigenvalue weighted by Gasteiger charge is -2.27. The number of nitrogens with one attached hydrogen (secondary N) is 2. The number of rotatable bonds is 6. The Morgan fingerprint density at radius 1 is 1.30 bits per heavy atom. The van der Waals surface area contributed by atoms with Crippen molar-refractivity contribution in [1.29, 1.82) is 0 Å².